The van der Waals surface area contributed by atoms with Crippen LogP contribution in [0.15, 0.2) is 53.5 Å². The van der Waals surface area contributed by atoms with Gasteiger partial charge >= 0.3 is 0 Å². The lowest BCUT2D eigenvalue weighted by Crippen LogP contribution is -2.37. The Labute approximate surface area is 183 Å². The molecule has 0 bridgehead atoms. The average molecular weight is 467 g/mol. The van der Waals surface area contributed by atoms with Crippen molar-refractivity contribution in [2.24, 2.45) is 4.99 Å². The number of halogens is 1. The maximum Gasteiger partial charge on any atom is 0.285 e. The van der Waals surface area contributed by atoms with Crippen LogP contribution in [0.1, 0.15) is 0 Å². The molecule has 2 aromatic carbocycles. The Morgan fingerprint density at radius 1 is 1.23 bits per heavy atom. The van der Waals surface area contributed by atoms with Crippen LogP contribution >= 0.6 is 23.4 Å². The second kappa shape index (κ2) is 8.49. The minimum atomic E-state index is -3.15. The molecule has 0 spiro atoms. The van der Waals surface area contributed by atoms with Crippen molar-refractivity contribution >= 4 is 50.0 Å². The summed E-state index contributed by atoms with van der Waals surface area (Å²) >= 11 is 7.57. The van der Waals surface area contributed by atoms with Gasteiger partial charge in [-0.3, -0.25) is 4.79 Å². The molecule has 1 amide bonds. The van der Waals surface area contributed by atoms with Crippen LogP contribution in [0.5, 0.6) is 11.5 Å². The molecule has 30 heavy (non-hydrogen) atoms. The molecule has 2 aliphatic heterocycles. The molecular weight excluding hydrogens is 448 g/mol. The van der Waals surface area contributed by atoms with Crippen molar-refractivity contribution in [2.75, 3.05) is 30.1 Å². The highest BCUT2D eigenvalue weighted by Gasteiger charge is 2.49. The number of benzene rings is 2. The summed E-state index contributed by atoms with van der Waals surface area (Å²) in [5.74, 6) is 0.688. The molecule has 2 atom stereocenters. The zero-order chi connectivity index (χ0) is 21.3. The van der Waals surface area contributed by atoms with Gasteiger partial charge in [-0.25, -0.2) is 8.42 Å². The Bertz CT molecular complexity index is 1090. The fourth-order valence-corrected chi connectivity index (χ4v) is 7.66. The van der Waals surface area contributed by atoms with Crippen molar-refractivity contribution < 1.29 is 22.7 Å². The lowest BCUT2D eigenvalue weighted by atomic mass is 10.2. The van der Waals surface area contributed by atoms with E-state index in [-0.39, 0.29) is 29.4 Å². The molecule has 2 aromatic rings. The highest BCUT2D eigenvalue weighted by Crippen LogP contribution is 2.42. The van der Waals surface area contributed by atoms with Gasteiger partial charge in [-0.05, 0) is 30.3 Å². The lowest BCUT2D eigenvalue weighted by molar-refractivity contribution is -0.119. The smallest absolute Gasteiger partial charge is 0.285 e. The number of hydrogen-bond acceptors (Lipinski definition) is 6. The van der Waals surface area contributed by atoms with Crippen molar-refractivity contribution in [1.29, 1.82) is 0 Å². The van der Waals surface area contributed by atoms with Crippen LogP contribution in [0.25, 0.3) is 0 Å². The van der Waals surface area contributed by atoms with E-state index in [1.807, 2.05) is 18.2 Å². The van der Waals surface area contributed by atoms with Crippen LogP contribution < -0.4 is 14.4 Å². The fraction of sp³-hybridized carbons (Fsp3) is 0.300. The molecule has 2 saturated heterocycles. The van der Waals surface area contributed by atoms with E-state index in [9.17, 15) is 13.2 Å². The first-order valence-electron chi connectivity index (χ1n) is 9.15. The standard InChI is InChI=1S/C20H19ClN2O5S2/c1-27-17-8-7-13(9-15(17)21)23-16-11-30(25,26)12-18(16)29-20(23)22-19(24)10-28-14-5-3-2-4-6-14/h2-9,16,18H,10-12H2,1H3/t16-,18+/m0/s1. The van der Waals surface area contributed by atoms with Crippen LogP contribution in [-0.2, 0) is 14.6 Å². The minimum absolute atomic E-state index is 0.00202. The topological polar surface area (TPSA) is 85.3 Å². The number of amides is 1. The maximum absolute atomic E-state index is 12.4. The highest BCUT2D eigenvalue weighted by atomic mass is 35.5. The molecular formula is C20H19ClN2O5S2. The van der Waals surface area contributed by atoms with Gasteiger partial charge in [-0.15, -0.1) is 0 Å². The van der Waals surface area contributed by atoms with Crippen LogP contribution in [-0.4, -0.2) is 56.0 Å². The summed E-state index contributed by atoms with van der Waals surface area (Å²) in [4.78, 5) is 18.5. The van der Waals surface area contributed by atoms with Crippen LogP contribution in [0.2, 0.25) is 5.02 Å². The number of thioether (sulfide) groups is 1. The van der Waals surface area contributed by atoms with Gasteiger partial charge in [0.05, 0.1) is 29.7 Å². The normalized spacial score (nSPS) is 23.4. The molecule has 7 nitrogen and oxygen atoms in total. The summed E-state index contributed by atoms with van der Waals surface area (Å²) in [5.41, 5.74) is 0.661. The zero-order valence-electron chi connectivity index (χ0n) is 16.0. The summed E-state index contributed by atoms with van der Waals surface area (Å²) < 4.78 is 35.0. The number of fused-ring (bicyclic) bond motifs is 1. The van der Waals surface area contributed by atoms with Crippen molar-refractivity contribution in [3.8, 4) is 11.5 Å². The van der Waals surface area contributed by atoms with E-state index in [1.165, 1.54) is 18.9 Å². The van der Waals surface area contributed by atoms with Crippen molar-refractivity contribution in [3.05, 3.63) is 53.6 Å². The quantitative estimate of drug-likeness (QED) is 0.669. The third-order valence-corrected chi connectivity index (χ3v) is 8.31. The molecule has 0 N–H and O–H groups in total. The van der Waals surface area contributed by atoms with Crippen LogP contribution in [0.4, 0.5) is 5.69 Å². The highest BCUT2D eigenvalue weighted by molar-refractivity contribution is 8.16. The molecule has 0 aliphatic carbocycles. The minimum Gasteiger partial charge on any atom is -0.495 e. The SMILES string of the molecule is COc1ccc(N2C(=NC(=O)COc3ccccc3)S[C@@H]3CS(=O)(=O)C[C@@H]32)cc1Cl. The number of para-hydroxylation sites is 1. The van der Waals surface area contributed by atoms with Gasteiger partial charge in [-0.2, -0.15) is 4.99 Å². The van der Waals surface area contributed by atoms with E-state index in [0.717, 1.165) is 0 Å². The third kappa shape index (κ3) is 4.43. The largest absolute Gasteiger partial charge is 0.495 e. The third-order valence-electron chi connectivity index (χ3n) is 4.81. The van der Waals surface area contributed by atoms with Crippen LogP contribution in [0.3, 0.4) is 0 Å². The van der Waals surface area contributed by atoms with E-state index in [0.29, 0.717) is 27.4 Å². The van der Waals surface area contributed by atoms with E-state index >= 15 is 0 Å². The molecule has 2 aliphatic rings. The Balaban J connectivity index is 1.60. The molecule has 10 heteroatoms. The second-order valence-corrected chi connectivity index (χ2v) is 10.6. The van der Waals surface area contributed by atoms with E-state index in [4.69, 9.17) is 21.1 Å². The van der Waals surface area contributed by atoms with Gasteiger partial charge < -0.3 is 14.4 Å². The first-order chi connectivity index (χ1) is 14.4. The summed E-state index contributed by atoms with van der Waals surface area (Å²) in [6, 6.07) is 13.9. The Hall–Kier alpha value is -2.23. The van der Waals surface area contributed by atoms with Crippen molar-refractivity contribution in [2.45, 2.75) is 11.3 Å². The monoisotopic (exact) mass is 466 g/mol. The predicted molar refractivity (Wildman–Crippen MR) is 119 cm³/mol. The number of ether oxygens (including phenoxy) is 2. The second-order valence-electron chi connectivity index (χ2n) is 6.88. The first-order valence-corrected chi connectivity index (χ1v) is 12.2. The molecule has 2 fully saturated rings. The Morgan fingerprint density at radius 3 is 2.70 bits per heavy atom. The van der Waals surface area contributed by atoms with Crippen LogP contribution in [0, 0.1) is 0 Å². The first kappa shape index (κ1) is 21.0. The Morgan fingerprint density at radius 2 is 2.00 bits per heavy atom. The summed E-state index contributed by atoms with van der Waals surface area (Å²) in [6.45, 7) is -0.209. The van der Waals surface area contributed by atoms with Gasteiger partial charge in [0.1, 0.15) is 11.5 Å². The van der Waals surface area contributed by atoms with Gasteiger partial charge in [0.2, 0.25) is 0 Å². The van der Waals surface area contributed by atoms with Gasteiger partial charge in [-0.1, -0.05) is 41.6 Å². The van der Waals surface area contributed by atoms with Gasteiger partial charge in [0, 0.05) is 10.9 Å². The molecule has 158 valence electrons. The summed E-state index contributed by atoms with van der Waals surface area (Å²) in [6.07, 6.45) is 0. The van der Waals surface area contributed by atoms with E-state index < -0.39 is 15.7 Å². The predicted octanol–water partition coefficient (Wildman–Crippen LogP) is 3.03. The van der Waals surface area contributed by atoms with E-state index in [1.54, 1.807) is 35.2 Å². The fourth-order valence-electron chi connectivity index (χ4n) is 3.47. The van der Waals surface area contributed by atoms with Crippen molar-refractivity contribution in [3.63, 3.8) is 0 Å². The number of methoxy groups -OCH3 is 1. The van der Waals surface area contributed by atoms with Crippen molar-refractivity contribution in [1.82, 2.24) is 0 Å². The summed E-state index contributed by atoms with van der Waals surface area (Å²) in [7, 11) is -1.63. The molecule has 2 heterocycles. The number of anilines is 1. The summed E-state index contributed by atoms with van der Waals surface area (Å²) in [5, 5.41) is 0.641. The Kier molecular flexibility index (Phi) is 5.95. The van der Waals surface area contributed by atoms with Gasteiger partial charge in [0.15, 0.2) is 21.6 Å². The average Bonchev–Trinajstić information content (AvgIpc) is 3.17. The number of sulfone groups is 1. The number of nitrogens with zero attached hydrogens (tertiary/aromatic N) is 2. The lowest BCUT2D eigenvalue weighted by Gasteiger charge is -2.25. The van der Waals surface area contributed by atoms with E-state index in [2.05, 4.69) is 4.99 Å². The number of rotatable bonds is 5. The molecule has 0 aromatic heterocycles. The zero-order valence-corrected chi connectivity index (χ0v) is 18.4. The number of hydrogen-bond donors (Lipinski definition) is 0. The molecule has 0 unspecified atom stereocenters. The molecule has 0 saturated carbocycles. The number of amidine groups is 1. The van der Waals surface area contributed by atoms with Gasteiger partial charge in [0.25, 0.3) is 5.91 Å². The molecule has 4 rings (SSSR count). The number of carbonyl (C=O) groups is 1. The maximum atomic E-state index is 12.4. The number of aliphatic imine (C=N–C) groups is 1. The number of carbonyl (C=O) groups excluding carboxylic acids is 1. The molecule has 0 radical (unpaired) electrons.